The highest BCUT2D eigenvalue weighted by Crippen LogP contribution is 2.30. The quantitative estimate of drug-likeness (QED) is 0.0264. The highest BCUT2D eigenvalue weighted by atomic mass is 16.7. The molecule has 2 aliphatic rings. The van der Waals surface area contributed by atoms with E-state index in [0.717, 1.165) is 103 Å². The van der Waals surface area contributed by atoms with Crippen LogP contribution < -0.4 is 5.32 Å². The maximum atomic E-state index is 13.0. The molecule has 2 saturated heterocycles. The third kappa shape index (κ3) is 24.8. The molecule has 0 aliphatic carbocycles. The van der Waals surface area contributed by atoms with Gasteiger partial charge in [-0.15, -0.1) is 0 Å². The Morgan fingerprint density at radius 1 is 0.561 bits per heavy atom. The van der Waals surface area contributed by atoms with E-state index in [4.69, 9.17) is 18.9 Å². The summed E-state index contributed by atoms with van der Waals surface area (Å²) >= 11 is 0. The first-order valence-corrected chi connectivity index (χ1v) is 24.5. The topological polar surface area (TPSA) is 228 Å². The smallest absolute Gasteiger partial charge is 0.220 e. The lowest BCUT2D eigenvalue weighted by molar-refractivity contribution is -0.359. The summed E-state index contributed by atoms with van der Waals surface area (Å²) in [5.74, 6) is -0.272. The Morgan fingerprint density at radius 2 is 1.05 bits per heavy atom. The maximum Gasteiger partial charge on any atom is 0.220 e. The number of hydrogen-bond donors (Lipinski definition) is 9. The van der Waals surface area contributed by atoms with Crippen molar-refractivity contribution in [3.05, 3.63) is 97.2 Å². The molecule has 12 atom stereocenters. The number of rotatable bonds is 35. The van der Waals surface area contributed by atoms with Crippen LogP contribution in [0.1, 0.15) is 129 Å². The Balaban J connectivity index is 1.70. The molecule has 66 heavy (non-hydrogen) atoms. The van der Waals surface area contributed by atoms with Gasteiger partial charge in [0, 0.05) is 6.42 Å². The van der Waals surface area contributed by atoms with E-state index in [1.165, 1.54) is 0 Å². The van der Waals surface area contributed by atoms with Crippen molar-refractivity contribution in [3.63, 3.8) is 0 Å². The van der Waals surface area contributed by atoms with E-state index in [1.54, 1.807) is 6.08 Å². The molecule has 0 radical (unpaired) electrons. The van der Waals surface area contributed by atoms with Crippen LogP contribution in [0.2, 0.25) is 0 Å². The molecule has 14 nitrogen and oxygen atoms in total. The second kappa shape index (κ2) is 37.8. The van der Waals surface area contributed by atoms with E-state index in [9.17, 15) is 45.6 Å². The second-order valence-corrected chi connectivity index (χ2v) is 16.9. The van der Waals surface area contributed by atoms with Crippen molar-refractivity contribution in [2.24, 2.45) is 0 Å². The summed E-state index contributed by atoms with van der Waals surface area (Å²) in [5, 5.41) is 86.1. The largest absolute Gasteiger partial charge is 0.394 e. The van der Waals surface area contributed by atoms with Gasteiger partial charge in [-0.05, 0) is 77.0 Å². The average Bonchev–Trinajstić information content (AvgIpc) is 3.31. The van der Waals surface area contributed by atoms with Crippen molar-refractivity contribution in [3.8, 4) is 0 Å². The Labute approximate surface area is 394 Å². The van der Waals surface area contributed by atoms with Crippen LogP contribution in [0, 0.1) is 0 Å². The van der Waals surface area contributed by atoms with Gasteiger partial charge in [-0.2, -0.15) is 0 Å². The number of ether oxygens (including phenoxy) is 4. The van der Waals surface area contributed by atoms with Gasteiger partial charge < -0.3 is 65.1 Å². The summed E-state index contributed by atoms with van der Waals surface area (Å²) in [6.45, 7) is 2.49. The molecule has 1 amide bonds. The lowest BCUT2D eigenvalue weighted by Gasteiger charge is -2.46. The Morgan fingerprint density at radius 3 is 1.61 bits per heavy atom. The van der Waals surface area contributed by atoms with Gasteiger partial charge >= 0.3 is 0 Å². The molecule has 2 fully saturated rings. The minimum Gasteiger partial charge on any atom is -0.394 e. The van der Waals surface area contributed by atoms with E-state index in [1.807, 2.05) is 6.08 Å². The van der Waals surface area contributed by atoms with Crippen molar-refractivity contribution in [2.75, 3.05) is 19.8 Å². The number of hydrogen-bond acceptors (Lipinski definition) is 13. The van der Waals surface area contributed by atoms with Crippen LogP contribution >= 0.6 is 0 Å². The number of unbranched alkanes of at least 4 members (excludes halogenated alkanes) is 8. The van der Waals surface area contributed by atoms with Gasteiger partial charge in [-0.25, -0.2) is 0 Å². The van der Waals surface area contributed by atoms with E-state index < -0.39 is 86.8 Å². The van der Waals surface area contributed by atoms with Crippen molar-refractivity contribution in [2.45, 2.75) is 203 Å². The molecule has 0 aromatic carbocycles. The molecule has 0 bridgehead atoms. The van der Waals surface area contributed by atoms with Gasteiger partial charge in [0.05, 0.1) is 32.0 Å². The molecule has 9 N–H and O–H groups in total. The number of nitrogens with one attached hydrogen (secondary N) is 1. The van der Waals surface area contributed by atoms with Crippen molar-refractivity contribution >= 4 is 5.91 Å². The molecule has 14 heteroatoms. The molecular weight excluding hydrogens is 847 g/mol. The van der Waals surface area contributed by atoms with E-state index in [2.05, 4.69) is 104 Å². The molecule has 12 unspecified atom stereocenters. The zero-order valence-electron chi connectivity index (χ0n) is 39.6. The molecule has 376 valence electrons. The minimum atomic E-state index is -1.79. The molecular formula is C52H85NO13. The van der Waals surface area contributed by atoms with Crippen molar-refractivity contribution < 1.29 is 64.6 Å². The first kappa shape index (κ1) is 59.0. The van der Waals surface area contributed by atoms with Crippen molar-refractivity contribution in [1.29, 1.82) is 0 Å². The van der Waals surface area contributed by atoms with Crippen LogP contribution in [0.3, 0.4) is 0 Å². The third-order valence-corrected chi connectivity index (χ3v) is 11.3. The molecule has 0 aromatic heterocycles. The van der Waals surface area contributed by atoms with Crippen LogP contribution in [-0.4, -0.2) is 140 Å². The zero-order chi connectivity index (χ0) is 48.2. The summed E-state index contributed by atoms with van der Waals surface area (Å²) in [6, 6.07) is -0.928. The molecule has 0 spiro atoms. The van der Waals surface area contributed by atoms with Crippen LogP contribution in [0.25, 0.3) is 0 Å². The minimum absolute atomic E-state index is 0.250. The standard InChI is InChI=1S/C52H85NO13/c1-3-5-7-9-10-11-12-13-14-15-16-17-18-19-20-21-22-23-24-25-26-27-28-29-30-32-34-36-44(57)53-40(41(56)35-33-31-8-6-4-2)39-63-51-49(62)47(60)50(43(38-55)65-51)66-52-48(61)46(59)45(58)42(37-54)64-52/h5,7,10-11,13-14,16-17,19-20,22-23,25-26,33,35,40-43,45-52,54-56,58-62H,3-4,6,8-9,12,15,18,21,24,27-32,34,36-39H2,1-2H3,(H,53,57)/b7-5-,11-10-,14-13-,17-16-,20-19-,23-22-,26-25-,35-33+. The predicted octanol–water partition coefficient (Wildman–Crippen LogP) is 5.98. The van der Waals surface area contributed by atoms with Gasteiger partial charge in [-0.1, -0.05) is 143 Å². The number of carbonyl (C=O) groups is 1. The number of amides is 1. The SMILES string of the molecule is CC/C=C\C/C=C\C/C=C\C/C=C\C/C=C\C/C=C\C/C=C\CCCCCCCC(=O)NC(COC1OC(CO)C(OC2OC(CO)C(O)C(O)C2O)C(O)C1O)C(O)/C=C/CCCCC. The van der Waals surface area contributed by atoms with Gasteiger partial charge in [0.2, 0.25) is 5.91 Å². The number of carbonyl (C=O) groups excluding carboxylic acids is 1. The number of aliphatic hydroxyl groups is 8. The van der Waals surface area contributed by atoms with E-state index in [-0.39, 0.29) is 18.9 Å². The summed E-state index contributed by atoms with van der Waals surface area (Å²) < 4.78 is 22.5. The fourth-order valence-corrected chi connectivity index (χ4v) is 7.27. The molecule has 2 aliphatic heterocycles. The molecule has 0 saturated carbocycles. The number of aliphatic hydroxyl groups excluding tert-OH is 8. The molecule has 2 rings (SSSR count). The molecule has 2 heterocycles. The fourth-order valence-electron chi connectivity index (χ4n) is 7.27. The summed E-state index contributed by atoms with van der Waals surface area (Å²) in [7, 11) is 0. The molecule has 0 aromatic rings. The lowest BCUT2D eigenvalue weighted by atomic mass is 9.97. The van der Waals surface area contributed by atoms with Crippen molar-refractivity contribution in [1.82, 2.24) is 5.32 Å². The van der Waals surface area contributed by atoms with E-state index in [0.29, 0.717) is 6.42 Å². The first-order valence-electron chi connectivity index (χ1n) is 24.5. The van der Waals surface area contributed by atoms with Gasteiger partial charge in [0.15, 0.2) is 12.6 Å². The normalized spacial score (nSPS) is 27.7. The lowest BCUT2D eigenvalue weighted by Crippen LogP contribution is -2.65. The average molecular weight is 932 g/mol. The van der Waals surface area contributed by atoms with Gasteiger partial charge in [0.25, 0.3) is 0 Å². The predicted molar refractivity (Wildman–Crippen MR) is 258 cm³/mol. The highest BCUT2D eigenvalue weighted by Gasteiger charge is 2.51. The fraction of sp³-hybridized carbons (Fsp3) is 0.673. The Hall–Kier alpha value is -3.09. The van der Waals surface area contributed by atoms with Crippen LogP contribution in [0.4, 0.5) is 0 Å². The van der Waals surface area contributed by atoms with Gasteiger partial charge in [0.1, 0.15) is 48.8 Å². The Bertz CT molecular complexity index is 1470. The third-order valence-electron chi connectivity index (χ3n) is 11.3. The van der Waals surface area contributed by atoms with Crippen LogP contribution in [0.15, 0.2) is 97.2 Å². The highest BCUT2D eigenvalue weighted by molar-refractivity contribution is 5.76. The zero-order valence-corrected chi connectivity index (χ0v) is 39.6. The Kier molecular flexibility index (Phi) is 33.8. The summed E-state index contributed by atoms with van der Waals surface area (Å²) in [5.41, 5.74) is 0. The summed E-state index contributed by atoms with van der Waals surface area (Å²) in [6.07, 6.45) is 33.7. The second-order valence-electron chi connectivity index (χ2n) is 16.9. The first-order chi connectivity index (χ1) is 32.1. The maximum absolute atomic E-state index is 13.0. The monoisotopic (exact) mass is 932 g/mol. The van der Waals surface area contributed by atoms with Gasteiger partial charge in [-0.3, -0.25) is 4.79 Å². The summed E-state index contributed by atoms with van der Waals surface area (Å²) in [4.78, 5) is 13.0. The number of allylic oxidation sites excluding steroid dienone is 15. The van der Waals surface area contributed by atoms with E-state index >= 15 is 0 Å². The van der Waals surface area contributed by atoms with Crippen LogP contribution in [0.5, 0.6) is 0 Å². The van der Waals surface area contributed by atoms with Crippen LogP contribution in [-0.2, 0) is 23.7 Å².